The third-order valence-electron chi connectivity index (χ3n) is 3.69. The van der Waals surface area contributed by atoms with Gasteiger partial charge in [-0.3, -0.25) is 9.69 Å². The van der Waals surface area contributed by atoms with E-state index in [0.717, 1.165) is 12.1 Å². The molecule has 0 spiro atoms. The number of nitrogens with one attached hydrogen (secondary N) is 1. The van der Waals surface area contributed by atoms with Gasteiger partial charge in [-0.05, 0) is 18.4 Å². The van der Waals surface area contributed by atoms with Crippen LogP contribution in [-0.4, -0.2) is 36.5 Å². The standard InChI is InChI=1S/C15H23N3O/c16-9-10-18(14-7-4-8-14)12-15(19)17-11-13-5-2-1-3-6-13/h1-3,5-6,14H,4,7-12,16H2,(H,17,19). The molecule has 4 heteroatoms. The third-order valence-corrected chi connectivity index (χ3v) is 3.69. The van der Waals surface area contributed by atoms with Crippen molar-refractivity contribution in [2.45, 2.75) is 31.8 Å². The zero-order valence-corrected chi connectivity index (χ0v) is 11.3. The van der Waals surface area contributed by atoms with E-state index in [1.807, 2.05) is 30.3 Å². The highest BCUT2D eigenvalue weighted by Gasteiger charge is 2.25. The van der Waals surface area contributed by atoms with Crippen LogP contribution in [0, 0.1) is 0 Å². The molecule has 0 atom stereocenters. The van der Waals surface area contributed by atoms with E-state index in [-0.39, 0.29) is 5.91 Å². The van der Waals surface area contributed by atoms with E-state index in [0.29, 0.717) is 25.7 Å². The number of carbonyl (C=O) groups excluding carboxylic acids is 1. The summed E-state index contributed by atoms with van der Waals surface area (Å²) in [5.74, 6) is 0.0872. The summed E-state index contributed by atoms with van der Waals surface area (Å²) in [7, 11) is 0. The fourth-order valence-electron chi connectivity index (χ4n) is 2.35. The lowest BCUT2D eigenvalue weighted by molar-refractivity contribution is -0.123. The van der Waals surface area contributed by atoms with Gasteiger partial charge in [-0.25, -0.2) is 0 Å². The molecule has 0 aliphatic heterocycles. The molecule has 0 bridgehead atoms. The maximum Gasteiger partial charge on any atom is 0.234 e. The second-order valence-corrected chi connectivity index (χ2v) is 5.11. The Kier molecular flexibility index (Phi) is 5.36. The van der Waals surface area contributed by atoms with Gasteiger partial charge >= 0.3 is 0 Å². The van der Waals surface area contributed by atoms with Gasteiger partial charge in [-0.15, -0.1) is 0 Å². The van der Waals surface area contributed by atoms with Gasteiger partial charge in [0.15, 0.2) is 0 Å². The molecule has 0 unspecified atom stereocenters. The summed E-state index contributed by atoms with van der Waals surface area (Å²) in [6, 6.07) is 10.5. The molecule has 0 heterocycles. The quantitative estimate of drug-likeness (QED) is 0.773. The van der Waals surface area contributed by atoms with Crippen LogP contribution in [-0.2, 0) is 11.3 Å². The lowest BCUT2D eigenvalue weighted by atomic mass is 9.91. The van der Waals surface area contributed by atoms with Crippen molar-refractivity contribution in [3.63, 3.8) is 0 Å². The first-order chi connectivity index (χ1) is 9.29. The highest BCUT2D eigenvalue weighted by Crippen LogP contribution is 2.24. The predicted octanol–water partition coefficient (Wildman–Crippen LogP) is 1.12. The Labute approximate surface area is 115 Å². The summed E-state index contributed by atoms with van der Waals surface area (Å²) in [5.41, 5.74) is 6.74. The molecule has 1 aliphatic carbocycles. The smallest absolute Gasteiger partial charge is 0.234 e. The summed E-state index contributed by atoms with van der Waals surface area (Å²) in [5, 5.41) is 2.97. The normalized spacial score (nSPS) is 15.3. The predicted molar refractivity (Wildman–Crippen MR) is 76.6 cm³/mol. The largest absolute Gasteiger partial charge is 0.351 e. The molecule has 1 fully saturated rings. The van der Waals surface area contributed by atoms with Crippen molar-refractivity contribution in [3.05, 3.63) is 35.9 Å². The van der Waals surface area contributed by atoms with E-state index < -0.39 is 0 Å². The fraction of sp³-hybridized carbons (Fsp3) is 0.533. The Morgan fingerprint density at radius 3 is 2.63 bits per heavy atom. The molecule has 1 amide bonds. The van der Waals surface area contributed by atoms with Crippen molar-refractivity contribution in [3.8, 4) is 0 Å². The number of amides is 1. The highest BCUT2D eigenvalue weighted by atomic mass is 16.2. The van der Waals surface area contributed by atoms with Gasteiger partial charge in [-0.2, -0.15) is 0 Å². The highest BCUT2D eigenvalue weighted by molar-refractivity contribution is 5.78. The Hall–Kier alpha value is -1.39. The number of hydrogen-bond acceptors (Lipinski definition) is 3. The molecule has 1 aromatic carbocycles. The minimum Gasteiger partial charge on any atom is -0.351 e. The van der Waals surface area contributed by atoms with Crippen LogP contribution in [0.2, 0.25) is 0 Å². The fourth-order valence-corrected chi connectivity index (χ4v) is 2.35. The van der Waals surface area contributed by atoms with Gasteiger partial charge in [0.05, 0.1) is 6.54 Å². The number of rotatable bonds is 7. The molecule has 0 radical (unpaired) electrons. The minimum absolute atomic E-state index is 0.0872. The molecule has 1 aromatic rings. The van der Waals surface area contributed by atoms with E-state index in [1.54, 1.807) is 0 Å². The van der Waals surface area contributed by atoms with E-state index in [4.69, 9.17) is 5.73 Å². The van der Waals surface area contributed by atoms with Crippen molar-refractivity contribution in [1.82, 2.24) is 10.2 Å². The SMILES string of the molecule is NCCN(CC(=O)NCc1ccccc1)C1CCC1. The minimum atomic E-state index is 0.0872. The van der Waals surface area contributed by atoms with Gasteiger partial charge in [0.25, 0.3) is 0 Å². The summed E-state index contributed by atoms with van der Waals surface area (Å²) in [4.78, 5) is 14.2. The van der Waals surface area contributed by atoms with Crippen molar-refractivity contribution >= 4 is 5.91 Å². The second-order valence-electron chi connectivity index (χ2n) is 5.11. The number of carbonyl (C=O) groups is 1. The van der Waals surface area contributed by atoms with Gasteiger partial charge in [-0.1, -0.05) is 36.8 Å². The summed E-state index contributed by atoms with van der Waals surface area (Å²) in [6.45, 7) is 2.49. The van der Waals surface area contributed by atoms with Gasteiger partial charge in [0, 0.05) is 25.7 Å². The van der Waals surface area contributed by atoms with Crippen molar-refractivity contribution in [1.29, 1.82) is 0 Å². The van der Waals surface area contributed by atoms with Crippen LogP contribution >= 0.6 is 0 Å². The first-order valence-electron chi connectivity index (χ1n) is 7.04. The lowest BCUT2D eigenvalue weighted by Gasteiger charge is -2.36. The van der Waals surface area contributed by atoms with Crippen molar-refractivity contribution in [2.75, 3.05) is 19.6 Å². The van der Waals surface area contributed by atoms with Crippen molar-refractivity contribution in [2.24, 2.45) is 5.73 Å². The molecule has 104 valence electrons. The Morgan fingerprint density at radius 2 is 2.05 bits per heavy atom. The average molecular weight is 261 g/mol. The lowest BCUT2D eigenvalue weighted by Crippen LogP contribution is -2.47. The Bertz CT molecular complexity index is 390. The Balaban J connectivity index is 1.75. The van der Waals surface area contributed by atoms with Crippen LogP contribution in [0.25, 0.3) is 0 Å². The van der Waals surface area contributed by atoms with E-state index in [2.05, 4.69) is 10.2 Å². The number of benzene rings is 1. The molecular weight excluding hydrogens is 238 g/mol. The van der Waals surface area contributed by atoms with Gasteiger partial charge in [0.2, 0.25) is 5.91 Å². The Morgan fingerprint density at radius 1 is 1.32 bits per heavy atom. The monoisotopic (exact) mass is 261 g/mol. The molecular formula is C15H23N3O. The molecule has 1 saturated carbocycles. The molecule has 19 heavy (non-hydrogen) atoms. The number of nitrogens with two attached hydrogens (primary N) is 1. The summed E-state index contributed by atoms with van der Waals surface area (Å²) in [6.07, 6.45) is 3.68. The zero-order chi connectivity index (χ0) is 13.5. The molecule has 4 nitrogen and oxygen atoms in total. The van der Waals surface area contributed by atoms with Crippen LogP contribution < -0.4 is 11.1 Å². The van der Waals surface area contributed by atoms with Gasteiger partial charge in [0.1, 0.15) is 0 Å². The van der Waals surface area contributed by atoms with Crippen LogP contribution in [0.15, 0.2) is 30.3 Å². The molecule has 1 aliphatic rings. The average Bonchev–Trinajstić information content (AvgIpc) is 2.36. The van der Waals surface area contributed by atoms with Crippen LogP contribution in [0.1, 0.15) is 24.8 Å². The van der Waals surface area contributed by atoms with Crippen LogP contribution in [0.3, 0.4) is 0 Å². The number of hydrogen-bond donors (Lipinski definition) is 2. The topological polar surface area (TPSA) is 58.4 Å². The first kappa shape index (κ1) is 14.0. The number of nitrogens with zero attached hydrogens (tertiary/aromatic N) is 1. The summed E-state index contributed by atoms with van der Waals surface area (Å²) >= 11 is 0. The zero-order valence-electron chi connectivity index (χ0n) is 11.3. The maximum absolute atomic E-state index is 12.0. The summed E-state index contributed by atoms with van der Waals surface area (Å²) < 4.78 is 0. The van der Waals surface area contributed by atoms with Crippen LogP contribution in [0.5, 0.6) is 0 Å². The molecule has 3 N–H and O–H groups in total. The molecule has 0 saturated heterocycles. The maximum atomic E-state index is 12.0. The van der Waals surface area contributed by atoms with Crippen LogP contribution in [0.4, 0.5) is 0 Å². The van der Waals surface area contributed by atoms with Gasteiger partial charge < -0.3 is 11.1 Å². The van der Waals surface area contributed by atoms with E-state index >= 15 is 0 Å². The van der Waals surface area contributed by atoms with Crippen molar-refractivity contribution < 1.29 is 4.79 Å². The van der Waals surface area contributed by atoms with E-state index in [1.165, 1.54) is 19.3 Å². The van der Waals surface area contributed by atoms with E-state index in [9.17, 15) is 4.79 Å². The third kappa shape index (κ3) is 4.33. The molecule has 0 aromatic heterocycles. The first-order valence-corrected chi connectivity index (χ1v) is 7.04. The molecule has 2 rings (SSSR count). The second kappa shape index (κ2) is 7.26.